The fraction of sp³-hybridized carbons (Fsp3) is 0.136. The number of carbonyl (C=O) groups is 1. The molecule has 0 fully saturated rings. The van der Waals surface area contributed by atoms with Gasteiger partial charge in [-0.05, 0) is 54.4 Å². The summed E-state index contributed by atoms with van der Waals surface area (Å²) in [6.45, 7) is 1.72. The Kier molecular flexibility index (Phi) is 5.54. The molecular weight excluding hydrogens is 326 g/mol. The number of hydrogen-bond acceptors (Lipinski definition) is 3. The van der Waals surface area contributed by atoms with Crippen LogP contribution < -0.4 is 14.8 Å². The highest BCUT2D eigenvalue weighted by molar-refractivity contribution is 5.94. The van der Waals surface area contributed by atoms with Crippen LogP contribution in [0, 0.1) is 0 Å². The first kappa shape index (κ1) is 17.5. The van der Waals surface area contributed by atoms with Crippen molar-refractivity contribution in [2.75, 3.05) is 12.4 Å². The van der Waals surface area contributed by atoms with Gasteiger partial charge < -0.3 is 14.8 Å². The molecule has 26 heavy (non-hydrogen) atoms. The van der Waals surface area contributed by atoms with Crippen molar-refractivity contribution >= 4 is 11.6 Å². The lowest BCUT2D eigenvalue weighted by molar-refractivity contribution is -0.122. The highest BCUT2D eigenvalue weighted by Gasteiger charge is 2.15. The number of carbonyl (C=O) groups excluding carboxylic acids is 1. The molecule has 0 saturated carbocycles. The molecule has 0 radical (unpaired) electrons. The van der Waals surface area contributed by atoms with E-state index in [9.17, 15) is 4.79 Å². The first-order valence-electron chi connectivity index (χ1n) is 8.43. The smallest absolute Gasteiger partial charge is 0.265 e. The van der Waals surface area contributed by atoms with Gasteiger partial charge in [0.2, 0.25) is 0 Å². The molecule has 0 aliphatic carbocycles. The zero-order valence-corrected chi connectivity index (χ0v) is 14.8. The van der Waals surface area contributed by atoms with E-state index in [0.717, 1.165) is 22.6 Å². The van der Waals surface area contributed by atoms with E-state index in [1.165, 1.54) is 0 Å². The topological polar surface area (TPSA) is 47.6 Å². The van der Waals surface area contributed by atoms with Crippen molar-refractivity contribution in [3.8, 4) is 22.6 Å². The van der Waals surface area contributed by atoms with Crippen LogP contribution in [0.4, 0.5) is 5.69 Å². The van der Waals surface area contributed by atoms with Crippen LogP contribution in [0.25, 0.3) is 11.1 Å². The SMILES string of the molecule is COc1ccc(OC(C)C(=O)Nc2ccc(-c3ccccc3)cc2)cc1. The van der Waals surface area contributed by atoms with Gasteiger partial charge in [0.15, 0.2) is 6.10 Å². The van der Waals surface area contributed by atoms with Crippen LogP contribution >= 0.6 is 0 Å². The van der Waals surface area contributed by atoms with Crippen LogP contribution in [-0.2, 0) is 4.79 Å². The van der Waals surface area contributed by atoms with E-state index in [0.29, 0.717) is 5.75 Å². The third-order valence-electron chi connectivity index (χ3n) is 4.00. The minimum Gasteiger partial charge on any atom is -0.497 e. The molecule has 4 heteroatoms. The Balaban J connectivity index is 1.59. The van der Waals surface area contributed by atoms with Crippen molar-refractivity contribution in [2.24, 2.45) is 0 Å². The third kappa shape index (κ3) is 4.42. The Hall–Kier alpha value is -3.27. The summed E-state index contributed by atoms with van der Waals surface area (Å²) in [4.78, 5) is 12.3. The molecule has 0 spiro atoms. The molecule has 0 aliphatic rings. The summed E-state index contributed by atoms with van der Waals surface area (Å²) in [6, 6.07) is 25.0. The van der Waals surface area contributed by atoms with E-state index in [2.05, 4.69) is 17.4 Å². The lowest BCUT2D eigenvalue weighted by Crippen LogP contribution is -2.30. The minimum atomic E-state index is -0.614. The average molecular weight is 347 g/mol. The Bertz CT molecular complexity index is 843. The standard InChI is InChI=1S/C22H21NO3/c1-16(26-21-14-12-20(25-2)13-15-21)22(24)23-19-10-8-18(9-11-19)17-6-4-3-5-7-17/h3-16H,1-2H3,(H,23,24). The van der Waals surface area contributed by atoms with Crippen molar-refractivity contribution in [3.05, 3.63) is 78.9 Å². The number of hydrogen-bond donors (Lipinski definition) is 1. The molecule has 1 N–H and O–H groups in total. The van der Waals surface area contributed by atoms with E-state index in [4.69, 9.17) is 9.47 Å². The molecule has 4 nitrogen and oxygen atoms in total. The number of rotatable bonds is 6. The Morgan fingerprint density at radius 3 is 2.00 bits per heavy atom. The lowest BCUT2D eigenvalue weighted by atomic mass is 10.1. The van der Waals surface area contributed by atoms with Gasteiger partial charge in [-0.2, -0.15) is 0 Å². The van der Waals surface area contributed by atoms with Gasteiger partial charge in [0.25, 0.3) is 5.91 Å². The predicted octanol–water partition coefficient (Wildman–Crippen LogP) is 4.77. The molecule has 0 aromatic heterocycles. The van der Waals surface area contributed by atoms with Crippen LogP contribution in [0.15, 0.2) is 78.9 Å². The quantitative estimate of drug-likeness (QED) is 0.699. The van der Waals surface area contributed by atoms with Gasteiger partial charge in [-0.1, -0.05) is 42.5 Å². The molecule has 0 aliphatic heterocycles. The molecule has 3 aromatic carbocycles. The van der Waals surface area contributed by atoms with Crippen LogP contribution in [-0.4, -0.2) is 19.1 Å². The van der Waals surface area contributed by atoms with Crippen molar-refractivity contribution < 1.29 is 14.3 Å². The molecule has 3 rings (SSSR count). The molecular formula is C22H21NO3. The highest BCUT2D eigenvalue weighted by atomic mass is 16.5. The van der Waals surface area contributed by atoms with E-state index in [1.54, 1.807) is 38.3 Å². The van der Waals surface area contributed by atoms with Crippen molar-refractivity contribution in [2.45, 2.75) is 13.0 Å². The van der Waals surface area contributed by atoms with Gasteiger partial charge in [0, 0.05) is 5.69 Å². The van der Waals surface area contributed by atoms with Crippen LogP contribution in [0.5, 0.6) is 11.5 Å². The number of benzene rings is 3. The molecule has 3 aromatic rings. The lowest BCUT2D eigenvalue weighted by Gasteiger charge is -2.15. The fourth-order valence-electron chi connectivity index (χ4n) is 2.53. The maximum absolute atomic E-state index is 12.3. The summed E-state index contributed by atoms with van der Waals surface area (Å²) < 4.78 is 10.8. The van der Waals surface area contributed by atoms with E-state index in [1.807, 2.05) is 42.5 Å². The van der Waals surface area contributed by atoms with Crippen molar-refractivity contribution in [1.82, 2.24) is 0 Å². The minimum absolute atomic E-state index is 0.201. The van der Waals surface area contributed by atoms with Crippen molar-refractivity contribution in [1.29, 1.82) is 0 Å². The van der Waals surface area contributed by atoms with Crippen molar-refractivity contribution in [3.63, 3.8) is 0 Å². The summed E-state index contributed by atoms with van der Waals surface area (Å²) >= 11 is 0. The Morgan fingerprint density at radius 1 is 0.808 bits per heavy atom. The number of methoxy groups -OCH3 is 1. The zero-order chi connectivity index (χ0) is 18.4. The molecule has 1 unspecified atom stereocenters. The van der Waals surface area contributed by atoms with Crippen LogP contribution in [0.3, 0.4) is 0 Å². The Morgan fingerprint density at radius 2 is 1.38 bits per heavy atom. The molecule has 1 atom stereocenters. The summed E-state index contributed by atoms with van der Waals surface area (Å²) in [7, 11) is 1.61. The van der Waals surface area contributed by atoms with Gasteiger partial charge in [-0.25, -0.2) is 0 Å². The van der Waals surface area contributed by atoms with Crippen LogP contribution in [0.1, 0.15) is 6.92 Å². The van der Waals surface area contributed by atoms with E-state index < -0.39 is 6.10 Å². The van der Waals surface area contributed by atoms with Crippen LogP contribution in [0.2, 0.25) is 0 Å². The summed E-state index contributed by atoms with van der Waals surface area (Å²) in [6.07, 6.45) is -0.614. The maximum atomic E-state index is 12.3. The first-order chi connectivity index (χ1) is 12.7. The van der Waals surface area contributed by atoms with Gasteiger partial charge in [0.1, 0.15) is 11.5 Å². The predicted molar refractivity (Wildman–Crippen MR) is 104 cm³/mol. The normalized spacial score (nSPS) is 11.5. The largest absolute Gasteiger partial charge is 0.497 e. The highest BCUT2D eigenvalue weighted by Crippen LogP contribution is 2.22. The van der Waals surface area contributed by atoms with Gasteiger partial charge in [-0.3, -0.25) is 4.79 Å². The number of amides is 1. The zero-order valence-electron chi connectivity index (χ0n) is 14.8. The fourth-order valence-corrected chi connectivity index (χ4v) is 2.53. The molecule has 0 saturated heterocycles. The second kappa shape index (κ2) is 8.21. The Labute approximate surface area is 153 Å². The maximum Gasteiger partial charge on any atom is 0.265 e. The number of ether oxygens (including phenoxy) is 2. The number of nitrogens with one attached hydrogen (secondary N) is 1. The van der Waals surface area contributed by atoms with E-state index in [-0.39, 0.29) is 5.91 Å². The number of anilines is 1. The monoisotopic (exact) mass is 347 g/mol. The first-order valence-corrected chi connectivity index (χ1v) is 8.43. The molecule has 0 heterocycles. The third-order valence-corrected chi connectivity index (χ3v) is 4.00. The summed E-state index contributed by atoms with van der Waals surface area (Å²) in [5.41, 5.74) is 2.98. The molecule has 0 bridgehead atoms. The summed E-state index contributed by atoms with van der Waals surface area (Å²) in [5.74, 6) is 1.16. The average Bonchev–Trinajstić information content (AvgIpc) is 2.70. The summed E-state index contributed by atoms with van der Waals surface area (Å²) in [5, 5.41) is 2.87. The van der Waals surface area contributed by atoms with Gasteiger partial charge >= 0.3 is 0 Å². The second-order valence-electron chi connectivity index (χ2n) is 5.87. The second-order valence-corrected chi connectivity index (χ2v) is 5.87. The van der Waals surface area contributed by atoms with E-state index >= 15 is 0 Å². The molecule has 132 valence electrons. The van der Waals surface area contributed by atoms with Gasteiger partial charge in [0.05, 0.1) is 7.11 Å². The van der Waals surface area contributed by atoms with Gasteiger partial charge in [-0.15, -0.1) is 0 Å². The molecule has 1 amide bonds.